The molecule has 3 rings (SSSR count). The third-order valence-electron chi connectivity index (χ3n) is 3.52. The van der Waals surface area contributed by atoms with Crippen LogP contribution < -0.4 is 9.64 Å². The first-order valence-corrected chi connectivity index (χ1v) is 7.07. The van der Waals surface area contributed by atoms with Gasteiger partial charge in [-0.1, -0.05) is 0 Å². The number of hydrogen-bond donors (Lipinski definition) is 0. The van der Waals surface area contributed by atoms with Crippen molar-refractivity contribution in [2.75, 3.05) is 11.4 Å². The van der Waals surface area contributed by atoms with Crippen molar-refractivity contribution in [2.45, 2.75) is 19.4 Å². The number of amides is 1. The fourth-order valence-corrected chi connectivity index (χ4v) is 2.54. The number of benzene rings is 1. The van der Waals surface area contributed by atoms with Gasteiger partial charge < -0.3 is 9.64 Å². The number of aromatic nitrogens is 1. The fraction of sp³-hybridized carbons (Fsp3) is 0.250. The van der Waals surface area contributed by atoms with Gasteiger partial charge in [-0.25, -0.2) is 0 Å². The summed E-state index contributed by atoms with van der Waals surface area (Å²) in [5, 5.41) is 11.0. The number of carbonyl (C=O) groups excluding carboxylic acids is 1. The number of non-ortho nitro benzene ring substituents is 1. The Labute approximate surface area is 132 Å². The summed E-state index contributed by atoms with van der Waals surface area (Å²) >= 11 is 0. The summed E-state index contributed by atoms with van der Waals surface area (Å²) in [6, 6.07) is 7.59. The number of nitro benzene ring substituents is 1. The topological polar surface area (TPSA) is 85.6 Å². The second-order valence-electron chi connectivity index (χ2n) is 5.90. The molecule has 0 spiro atoms. The number of hydrogen-bond acceptors (Lipinski definition) is 5. The highest BCUT2D eigenvalue weighted by atomic mass is 16.6. The summed E-state index contributed by atoms with van der Waals surface area (Å²) in [6.07, 6.45) is 3.06. The zero-order chi connectivity index (χ0) is 16.6. The molecule has 1 aliphatic heterocycles. The van der Waals surface area contributed by atoms with E-state index in [2.05, 4.69) is 4.98 Å². The van der Waals surface area contributed by atoms with Crippen LogP contribution in [0.25, 0.3) is 0 Å². The Morgan fingerprint density at radius 2 is 2.17 bits per heavy atom. The van der Waals surface area contributed by atoms with E-state index in [0.717, 1.165) is 0 Å². The zero-order valence-corrected chi connectivity index (χ0v) is 12.7. The summed E-state index contributed by atoms with van der Waals surface area (Å²) in [5.74, 6) is 0.181. The maximum atomic E-state index is 12.8. The van der Waals surface area contributed by atoms with Gasteiger partial charge in [-0.05, 0) is 32.0 Å². The minimum absolute atomic E-state index is 0.0870. The van der Waals surface area contributed by atoms with Crippen molar-refractivity contribution >= 4 is 17.3 Å². The third-order valence-corrected chi connectivity index (χ3v) is 3.52. The second kappa shape index (κ2) is 5.35. The summed E-state index contributed by atoms with van der Waals surface area (Å²) in [4.78, 5) is 28.8. The van der Waals surface area contributed by atoms with Gasteiger partial charge in [0, 0.05) is 24.5 Å². The number of anilines is 1. The Morgan fingerprint density at radius 3 is 2.83 bits per heavy atom. The smallest absolute Gasteiger partial charge is 0.271 e. The van der Waals surface area contributed by atoms with Crippen LogP contribution in [0.3, 0.4) is 0 Å². The largest absolute Gasteiger partial charge is 0.484 e. The van der Waals surface area contributed by atoms with Crippen LogP contribution in [-0.2, 0) is 0 Å². The monoisotopic (exact) mass is 313 g/mol. The van der Waals surface area contributed by atoms with Crippen LogP contribution in [-0.4, -0.2) is 28.0 Å². The maximum absolute atomic E-state index is 12.8. The van der Waals surface area contributed by atoms with Crippen LogP contribution >= 0.6 is 0 Å². The van der Waals surface area contributed by atoms with Crippen LogP contribution in [0.2, 0.25) is 0 Å². The lowest BCUT2D eigenvalue weighted by atomic mass is 10.0. The molecule has 2 heterocycles. The van der Waals surface area contributed by atoms with Crippen molar-refractivity contribution in [1.82, 2.24) is 4.98 Å². The molecule has 2 aromatic rings. The molecule has 0 saturated heterocycles. The molecule has 0 saturated carbocycles. The van der Waals surface area contributed by atoms with E-state index >= 15 is 0 Å². The molecule has 118 valence electrons. The predicted octanol–water partition coefficient (Wildman–Crippen LogP) is 2.81. The van der Waals surface area contributed by atoms with Gasteiger partial charge in [0.05, 0.1) is 22.7 Å². The first kappa shape index (κ1) is 15.0. The Bertz CT molecular complexity index is 774. The molecule has 0 radical (unpaired) electrons. The minimum atomic E-state index is -0.596. The summed E-state index contributed by atoms with van der Waals surface area (Å²) < 4.78 is 5.84. The molecule has 23 heavy (non-hydrogen) atoms. The van der Waals surface area contributed by atoms with Gasteiger partial charge in [0.2, 0.25) is 0 Å². The second-order valence-corrected chi connectivity index (χ2v) is 5.90. The lowest BCUT2D eigenvalue weighted by Gasteiger charge is -2.39. The molecule has 1 aliphatic rings. The highest BCUT2D eigenvalue weighted by Crippen LogP contribution is 2.39. The van der Waals surface area contributed by atoms with Crippen molar-refractivity contribution in [3.05, 3.63) is 58.4 Å². The highest BCUT2D eigenvalue weighted by molar-refractivity contribution is 6.07. The van der Waals surface area contributed by atoms with Crippen molar-refractivity contribution in [2.24, 2.45) is 0 Å². The number of carbonyl (C=O) groups is 1. The molecule has 7 heteroatoms. The minimum Gasteiger partial charge on any atom is -0.484 e. The van der Waals surface area contributed by atoms with E-state index in [1.165, 1.54) is 29.3 Å². The third kappa shape index (κ3) is 2.85. The number of pyridine rings is 1. The normalized spacial score (nSPS) is 15.5. The quantitative estimate of drug-likeness (QED) is 0.628. The summed E-state index contributed by atoms with van der Waals surface area (Å²) in [6.45, 7) is 4.01. The van der Waals surface area contributed by atoms with Gasteiger partial charge in [-0.3, -0.25) is 19.9 Å². The number of nitrogens with zero attached hydrogens (tertiary/aromatic N) is 3. The lowest BCUT2D eigenvalue weighted by molar-refractivity contribution is -0.384. The molecule has 0 unspecified atom stereocenters. The first-order chi connectivity index (χ1) is 10.9. The predicted molar refractivity (Wildman–Crippen MR) is 83.7 cm³/mol. The first-order valence-electron chi connectivity index (χ1n) is 7.07. The van der Waals surface area contributed by atoms with Gasteiger partial charge in [0.15, 0.2) is 0 Å². The van der Waals surface area contributed by atoms with Gasteiger partial charge in [0.1, 0.15) is 11.4 Å². The number of nitro groups is 1. The van der Waals surface area contributed by atoms with E-state index in [4.69, 9.17) is 4.74 Å². The van der Waals surface area contributed by atoms with E-state index in [1.54, 1.807) is 18.3 Å². The molecule has 1 aromatic carbocycles. The van der Waals surface area contributed by atoms with E-state index < -0.39 is 10.5 Å². The molecule has 1 amide bonds. The van der Waals surface area contributed by atoms with Crippen molar-refractivity contribution in [3.63, 3.8) is 0 Å². The molecule has 1 aromatic heterocycles. The van der Waals surface area contributed by atoms with Crippen LogP contribution in [0.1, 0.15) is 24.2 Å². The van der Waals surface area contributed by atoms with Gasteiger partial charge in [-0.2, -0.15) is 0 Å². The van der Waals surface area contributed by atoms with E-state index in [0.29, 0.717) is 17.0 Å². The zero-order valence-electron chi connectivity index (χ0n) is 12.7. The van der Waals surface area contributed by atoms with Crippen LogP contribution in [0, 0.1) is 10.1 Å². The molecular formula is C16H15N3O4. The molecule has 0 atom stereocenters. The molecule has 7 nitrogen and oxygen atoms in total. The Morgan fingerprint density at radius 1 is 1.39 bits per heavy atom. The summed E-state index contributed by atoms with van der Waals surface area (Å²) in [7, 11) is 0. The average molecular weight is 313 g/mol. The maximum Gasteiger partial charge on any atom is 0.271 e. The summed E-state index contributed by atoms with van der Waals surface area (Å²) in [5.41, 5.74) is 0.132. The van der Waals surface area contributed by atoms with Crippen molar-refractivity contribution < 1.29 is 14.5 Å². The fourth-order valence-electron chi connectivity index (χ4n) is 2.54. The molecule has 0 fully saturated rings. The van der Waals surface area contributed by atoms with Crippen LogP contribution in [0.15, 0.2) is 42.7 Å². The van der Waals surface area contributed by atoms with E-state index in [9.17, 15) is 14.9 Å². The number of ether oxygens (including phenoxy) is 1. The molecule has 0 N–H and O–H groups in total. The Hall–Kier alpha value is -2.96. The lowest BCUT2D eigenvalue weighted by Crippen LogP contribution is -2.49. The molecule has 0 bridgehead atoms. The Balaban J connectivity index is 2.08. The van der Waals surface area contributed by atoms with Gasteiger partial charge in [0.25, 0.3) is 11.6 Å². The van der Waals surface area contributed by atoms with Gasteiger partial charge in [-0.15, -0.1) is 0 Å². The number of fused-ring (bicyclic) bond motifs is 1. The van der Waals surface area contributed by atoms with Crippen LogP contribution in [0.4, 0.5) is 11.4 Å². The van der Waals surface area contributed by atoms with E-state index in [1.807, 2.05) is 13.8 Å². The van der Waals surface area contributed by atoms with Crippen molar-refractivity contribution in [3.8, 4) is 5.75 Å². The highest BCUT2D eigenvalue weighted by Gasteiger charge is 2.36. The van der Waals surface area contributed by atoms with E-state index in [-0.39, 0.29) is 18.1 Å². The SMILES string of the molecule is CC1(C)CN(C(=O)c2cccnc2)c2cc([N+](=O)[O-])ccc2O1. The Kier molecular flexibility index (Phi) is 3.48. The molecule has 0 aliphatic carbocycles. The van der Waals surface area contributed by atoms with Gasteiger partial charge >= 0.3 is 0 Å². The molecular weight excluding hydrogens is 298 g/mol. The standard InChI is InChI=1S/C16H15N3O4/c1-16(2)10-18(15(20)11-4-3-7-17-9-11)13-8-12(19(21)22)5-6-14(13)23-16/h3-9H,10H2,1-2H3. The van der Waals surface area contributed by atoms with Crippen LogP contribution in [0.5, 0.6) is 5.75 Å². The average Bonchev–Trinajstić information content (AvgIpc) is 2.53. The van der Waals surface area contributed by atoms with Crippen molar-refractivity contribution in [1.29, 1.82) is 0 Å². The number of rotatable bonds is 2.